The summed E-state index contributed by atoms with van der Waals surface area (Å²) in [4.78, 5) is 25.3. The van der Waals surface area contributed by atoms with Crippen LogP contribution >= 0.6 is 0 Å². The fraction of sp³-hybridized carbons (Fsp3) is 0.125. The van der Waals surface area contributed by atoms with Gasteiger partial charge in [0, 0.05) is 5.56 Å². The first-order valence-electron chi connectivity index (χ1n) is 6.53. The standard InChI is InChI=1S/C16H13FN2O2/c1-10(20)12-8-11(17)6-7-14(12)19-9-16(21)18-13-4-2-3-5-15(13)19/h2-8H,9H2,1H3,(H,18,21). The van der Waals surface area contributed by atoms with Crippen LogP contribution in [0, 0.1) is 5.82 Å². The number of halogens is 1. The molecule has 0 bridgehead atoms. The van der Waals surface area contributed by atoms with Gasteiger partial charge in [-0.3, -0.25) is 9.59 Å². The topological polar surface area (TPSA) is 49.4 Å². The Morgan fingerprint density at radius 1 is 1.19 bits per heavy atom. The molecule has 1 heterocycles. The number of fused-ring (bicyclic) bond motifs is 1. The highest BCUT2D eigenvalue weighted by Crippen LogP contribution is 2.36. The lowest BCUT2D eigenvalue weighted by molar-refractivity contribution is -0.115. The van der Waals surface area contributed by atoms with Crippen molar-refractivity contribution in [2.75, 3.05) is 16.8 Å². The number of nitrogens with zero attached hydrogens (tertiary/aromatic N) is 1. The molecule has 1 aliphatic heterocycles. The van der Waals surface area contributed by atoms with Gasteiger partial charge in [0.1, 0.15) is 12.4 Å². The van der Waals surface area contributed by atoms with Crippen LogP contribution < -0.4 is 10.2 Å². The van der Waals surface area contributed by atoms with Gasteiger partial charge >= 0.3 is 0 Å². The highest BCUT2D eigenvalue weighted by molar-refractivity contribution is 6.06. The maximum atomic E-state index is 13.4. The van der Waals surface area contributed by atoms with Crippen LogP contribution in [0.1, 0.15) is 17.3 Å². The van der Waals surface area contributed by atoms with Gasteiger partial charge in [-0.1, -0.05) is 12.1 Å². The molecule has 0 atom stereocenters. The van der Waals surface area contributed by atoms with E-state index in [1.165, 1.54) is 25.1 Å². The third-order valence-corrected chi connectivity index (χ3v) is 3.40. The van der Waals surface area contributed by atoms with Crippen LogP contribution in [-0.2, 0) is 4.79 Å². The van der Waals surface area contributed by atoms with Gasteiger partial charge in [-0.05, 0) is 37.3 Å². The number of nitrogens with one attached hydrogen (secondary N) is 1. The van der Waals surface area contributed by atoms with E-state index >= 15 is 0 Å². The highest BCUT2D eigenvalue weighted by Gasteiger charge is 2.25. The number of hydrogen-bond acceptors (Lipinski definition) is 3. The zero-order valence-corrected chi connectivity index (χ0v) is 11.4. The molecule has 1 N–H and O–H groups in total. The number of hydrogen-bond donors (Lipinski definition) is 1. The minimum atomic E-state index is -0.473. The van der Waals surface area contributed by atoms with Crippen LogP contribution in [0.25, 0.3) is 0 Å². The Bertz CT molecular complexity index is 743. The summed E-state index contributed by atoms with van der Waals surface area (Å²) in [6, 6.07) is 11.3. The van der Waals surface area contributed by atoms with Gasteiger partial charge in [-0.2, -0.15) is 0 Å². The molecule has 0 radical (unpaired) electrons. The van der Waals surface area contributed by atoms with E-state index in [1.54, 1.807) is 11.0 Å². The summed E-state index contributed by atoms with van der Waals surface area (Å²) >= 11 is 0. The lowest BCUT2D eigenvalue weighted by Crippen LogP contribution is -2.35. The molecule has 1 aliphatic rings. The van der Waals surface area contributed by atoms with Crippen molar-refractivity contribution in [3.63, 3.8) is 0 Å². The van der Waals surface area contributed by atoms with Crippen LogP contribution in [0.15, 0.2) is 42.5 Å². The van der Waals surface area contributed by atoms with Crippen LogP contribution in [0.5, 0.6) is 0 Å². The van der Waals surface area contributed by atoms with E-state index in [0.29, 0.717) is 11.4 Å². The van der Waals surface area contributed by atoms with Crippen LogP contribution in [-0.4, -0.2) is 18.2 Å². The Labute approximate surface area is 121 Å². The summed E-state index contributed by atoms with van der Waals surface area (Å²) in [6.45, 7) is 1.47. The van der Waals surface area contributed by atoms with E-state index in [2.05, 4.69) is 5.32 Å². The predicted octanol–water partition coefficient (Wildman–Crippen LogP) is 3.12. The van der Waals surface area contributed by atoms with Gasteiger partial charge in [0.15, 0.2) is 5.78 Å². The summed E-state index contributed by atoms with van der Waals surface area (Å²) in [5.74, 6) is -0.890. The molecule has 0 fully saturated rings. The molecular weight excluding hydrogens is 271 g/mol. The van der Waals surface area contributed by atoms with Gasteiger partial charge in [0.2, 0.25) is 5.91 Å². The van der Waals surface area contributed by atoms with Gasteiger partial charge < -0.3 is 10.2 Å². The van der Waals surface area contributed by atoms with Crippen LogP contribution in [0.2, 0.25) is 0 Å². The van der Waals surface area contributed by atoms with Crippen molar-refractivity contribution in [2.45, 2.75) is 6.92 Å². The van der Waals surface area contributed by atoms with E-state index < -0.39 is 5.82 Å². The van der Waals surface area contributed by atoms with Gasteiger partial charge in [-0.25, -0.2) is 4.39 Å². The number of carbonyl (C=O) groups is 2. The zero-order chi connectivity index (χ0) is 15.0. The molecule has 0 unspecified atom stereocenters. The molecule has 1 amide bonds. The molecule has 3 rings (SSSR count). The van der Waals surface area contributed by atoms with E-state index in [9.17, 15) is 14.0 Å². The summed E-state index contributed by atoms with van der Waals surface area (Å²) in [5.41, 5.74) is 2.25. The molecule has 0 spiro atoms. The maximum absolute atomic E-state index is 13.4. The van der Waals surface area contributed by atoms with Gasteiger partial charge in [0.05, 0.1) is 17.1 Å². The average molecular weight is 284 g/mol. The number of carbonyl (C=O) groups excluding carboxylic acids is 2. The maximum Gasteiger partial charge on any atom is 0.244 e. The Morgan fingerprint density at radius 2 is 1.95 bits per heavy atom. The molecule has 4 nitrogen and oxygen atoms in total. The Hall–Kier alpha value is -2.69. The molecule has 2 aromatic rings. The number of ketones is 1. The zero-order valence-electron chi connectivity index (χ0n) is 11.4. The van der Waals surface area contributed by atoms with Crippen molar-refractivity contribution < 1.29 is 14.0 Å². The third-order valence-electron chi connectivity index (χ3n) is 3.40. The fourth-order valence-electron chi connectivity index (χ4n) is 2.47. The number of para-hydroxylation sites is 2. The predicted molar refractivity (Wildman–Crippen MR) is 78.5 cm³/mol. The number of benzene rings is 2. The van der Waals surface area contributed by atoms with Crippen molar-refractivity contribution in [3.05, 3.63) is 53.8 Å². The quantitative estimate of drug-likeness (QED) is 0.862. The minimum absolute atomic E-state index is 0.0862. The van der Waals surface area contributed by atoms with E-state index in [4.69, 9.17) is 0 Å². The van der Waals surface area contributed by atoms with Gasteiger partial charge in [-0.15, -0.1) is 0 Å². The highest BCUT2D eigenvalue weighted by atomic mass is 19.1. The van der Waals surface area contributed by atoms with Gasteiger partial charge in [0.25, 0.3) is 0 Å². The Kier molecular flexibility index (Phi) is 3.17. The summed E-state index contributed by atoms with van der Waals surface area (Å²) in [5, 5.41) is 2.78. The van der Waals surface area contributed by atoms with E-state index in [1.807, 2.05) is 18.2 Å². The third kappa shape index (κ3) is 2.38. The minimum Gasteiger partial charge on any atom is -0.330 e. The largest absolute Gasteiger partial charge is 0.330 e. The number of rotatable bonds is 2. The molecule has 0 saturated carbocycles. The van der Waals surface area contributed by atoms with E-state index in [0.717, 1.165) is 5.69 Å². The summed E-state index contributed by atoms with van der Waals surface area (Å²) in [6.07, 6.45) is 0. The fourth-order valence-corrected chi connectivity index (χ4v) is 2.47. The van der Waals surface area contributed by atoms with Crippen molar-refractivity contribution in [1.82, 2.24) is 0 Å². The van der Waals surface area contributed by atoms with Crippen molar-refractivity contribution in [1.29, 1.82) is 0 Å². The van der Waals surface area contributed by atoms with Crippen molar-refractivity contribution >= 4 is 28.8 Å². The second-order valence-electron chi connectivity index (χ2n) is 4.87. The van der Waals surface area contributed by atoms with Crippen molar-refractivity contribution in [3.8, 4) is 0 Å². The Balaban J connectivity index is 2.17. The lowest BCUT2D eigenvalue weighted by Gasteiger charge is -2.32. The second kappa shape index (κ2) is 5.01. The SMILES string of the molecule is CC(=O)c1cc(F)ccc1N1CC(=O)Nc2ccccc21. The molecule has 2 aromatic carbocycles. The summed E-state index contributed by atoms with van der Waals surface area (Å²) in [7, 11) is 0. The molecular formula is C16H13FN2O2. The number of amides is 1. The molecule has 0 saturated heterocycles. The average Bonchev–Trinajstić information content (AvgIpc) is 2.46. The smallest absolute Gasteiger partial charge is 0.244 e. The molecule has 21 heavy (non-hydrogen) atoms. The number of anilines is 3. The first kappa shape index (κ1) is 13.3. The Morgan fingerprint density at radius 3 is 2.71 bits per heavy atom. The number of Topliss-reactive ketones (excluding diaryl/α,β-unsaturated/α-hetero) is 1. The van der Waals surface area contributed by atoms with E-state index in [-0.39, 0.29) is 23.8 Å². The monoisotopic (exact) mass is 284 g/mol. The molecule has 106 valence electrons. The first-order chi connectivity index (χ1) is 10.1. The van der Waals surface area contributed by atoms with Crippen molar-refractivity contribution in [2.24, 2.45) is 0 Å². The lowest BCUT2D eigenvalue weighted by atomic mass is 10.1. The summed E-state index contributed by atoms with van der Waals surface area (Å²) < 4.78 is 13.4. The normalized spacial score (nSPS) is 13.6. The van der Waals surface area contributed by atoms with Crippen LogP contribution in [0.4, 0.5) is 21.5 Å². The first-order valence-corrected chi connectivity index (χ1v) is 6.53. The molecule has 5 heteroatoms. The van der Waals surface area contributed by atoms with Crippen LogP contribution in [0.3, 0.4) is 0 Å². The molecule has 0 aliphatic carbocycles. The molecule has 0 aromatic heterocycles. The second-order valence-corrected chi connectivity index (χ2v) is 4.87.